The van der Waals surface area contributed by atoms with Crippen LogP contribution >= 0.6 is 11.3 Å². The molecule has 3 aromatic rings. The van der Waals surface area contributed by atoms with Crippen LogP contribution in [0.4, 0.5) is 10.1 Å². The molecule has 1 aromatic carbocycles. The molecule has 0 radical (unpaired) electrons. The zero-order chi connectivity index (χ0) is 22.4. The van der Waals surface area contributed by atoms with Crippen molar-refractivity contribution in [2.75, 3.05) is 32.8 Å². The van der Waals surface area contributed by atoms with E-state index >= 15 is 0 Å². The zero-order valence-electron chi connectivity index (χ0n) is 17.5. The number of carbonyl (C=O) groups excluding carboxylic acids is 2. The molecule has 0 atom stereocenters. The lowest BCUT2D eigenvalue weighted by molar-refractivity contribution is 0.0953. The first-order valence-electron chi connectivity index (χ1n) is 9.62. The first kappa shape index (κ1) is 22.4. The maximum atomic E-state index is 13.2. The summed E-state index contributed by atoms with van der Waals surface area (Å²) in [5.74, 6) is -0.254. The van der Waals surface area contributed by atoms with E-state index in [-0.39, 0.29) is 17.1 Å². The number of ether oxygens (including phenoxy) is 2. The molecule has 0 saturated heterocycles. The standard InChI is InChI=1S/C21H23FN4O4S/c1-12-25-14-6-7-16(29-2)18(19(14)31-12)21(28)26-15-11-24-17(30-3)10-13(15)20(27)23-9-5-4-8-22/h6-7,10-11H,4-5,8-9H2,1-3H3,(H,23,27)(H,26,28). The number of hydrogen-bond acceptors (Lipinski definition) is 7. The number of hydrogen-bond donors (Lipinski definition) is 2. The number of unbranched alkanes of at least 4 members (excludes halogenated alkanes) is 1. The third-order valence-electron chi connectivity index (χ3n) is 4.50. The summed E-state index contributed by atoms with van der Waals surface area (Å²) in [6.07, 6.45) is 2.23. The molecule has 3 rings (SSSR count). The first-order chi connectivity index (χ1) is 15.0. The van der Waals surface area contributed by atoms with Crippen LogP contribution in [0.25, 0.3) is 10.2 Å². The number of thiazole rings is 1. The number of nitrogens with one attached hydrogen (secondary N) is 2. The highest BCUT2D eigenvalue weighted by atomic mass is 32.1. The Labute approximate surface area is 182 Å². The van der Waals surface area contributed by atoms with Crippen LogP contribution in [0, 0.1) is 6.92 Å². The number of pyridine rings is 1. The summed E-state index contributed by atoms with van der Waals surface area (Å²) in [5.41, 5.74) is 1.42. The Morgan fingerprint density at radius 3 is 2.68 bits per heavy atom. The Morgan fingerprint density at radius 2 is 1.97 bits per heavy atom. The minimum atomic E-state index is -0.454. The fourth-order valence-corrected chi connectivity index (χ4v) is 3.96. The molecule has 0 saturated carbocycles. The fraction of sp³-hybridized carbons (Fsp3) is 0.333. The predicted molar refractivity (Wildman–Crippen MR) is 117 cm³/mol. The lowest BCUT2D eigenvalue weighted by Gasteiger charge is -2.14. The van der Waals surface area contributed by atoms with Gasteiger partial charge in [-0.25, -0.2) is 9.97 Å². The second-order valence-electron chi connectivity index (χ2n) is 6.60. The summed E-state index contributed by atoms with van der Waals surface area (Å²) in [7, 11) is 2.91. The molecule has 2 heterocycles. The van der Waals surface area contributed by atoms with Gasteiger partial charge in [-0.15, -0.1) is 11.3 Å². The van der Waals surface area contributed by atoms with Gasteiger partial charge in [0, 0.05) is 12.6 Å². The number of amides is 2. The van der Waals surface area contributed by atoms with Crippen molar-refractivity contribution in [2.45, 2.75) is 19.8 Å². The number of halogens is 1. The van der Waals surface area contributed by atoms with E-state index in [1.807, 2.05) is 6.92 Å². The number of fused-ring (bicyclic) bond motifs is 1. The summed E-state index contributed by atoms with van der Waals surface area (Å²) in [5, 5.41) is 6.30. The number of aromatic nitrogens is 2. The van der Waals surface area contributed by atoms with Crippen LogP contribution in [0.3, 0.4) is 0 Å². The minimum Gasteiger partial charge on any atom is -0.496 e. The third kappa shape index (κ3) is 5.08. The van der Waals surface area contributed by atoms with Crippen molar-refractivity contribution in [1.29, 1.82) is 0 Å². The molecule has 164 valence electrons. The summed E-state index contributed by atoms with van der Waals surface area (Å²) in [6.45, 7) is 1.73. The first-order valence-corrected chi connectivity index (χ1v) is 10.4. The van der Waals surface area contributed by atoms with Crippen molar-refractivity contribution in [3.63, 3.8) is 0 Å². The molecule has 10 heteroatoms. The van der Waals surface area contributed by atoms with E-state index < -0.39 is 18.5 Å². The lowest BCUT2D eigenvalue weighted by Crippen LogP contribution is -2.26. The smallest absolute Gasteiger partial charge is 0.261 e. The van der Waals surface area contributed by atoms with Gasteiger partial charge in [-0.05, 0) is 31.9 Å². The Kier molecular flexibility index (Phi) is 7.35. The van der Waals surface area contributed by atoms with Gasteiger partial charge in [0.1, 0.15) is 11.3 Å². The molecule has 0 aliphatic rings. The quantitative estimate of drug-likeness (QED) is 0.486. The van der Waals surface area contributed by atoms with Crippen LogP contribution in [0.5, 0.6) is 11.6 Å². The molecule has 31 heavy (non-hydrogen) atoms. The second-order valence-corrected chi connectivity index (χ2v) is 7.81. The molecule has 0 aliphatic heterocycles. The van der Waals surface area contributed by atoms with Crippen LogP contribution in [0.1, 0.15) is 38.6 Å². The number of nitrogens with zero attached hydrogens (tertiary/aromatic N) is 2. The van der Waals surface area contributed by atoms with E-state index in [9.17, 15) is 14.0 Å². The molecular formula is C21H23FN4O4S. The van der Waals surface area contributed by atoms with Crippen molar-refractivity contribution in [1.82, 2.24) is 15.3 Å². The maximum absolute atomic E-state index is 13.2. The molecule has 2 N–H and O–H groups in total. The number of methoxy groups -OCH3 is 2. The van der Waals surface area contributed by atoms with E-state index in [2.05, 4.69) is 20.6 Å². The SMILES string of the molecule is COc1cc(C(=O)NCCCCF)c(NC(=O)c2c(OC)ccc3nc(C)sc23)cn1. The Hall–Kier alpha value is -3.27. The fourth-order valence-electron chi connectivity index (χ4n) is 3.01. The van der Waals surface area contributed by atoms with Gasteiger partial charge in [-0.1, -0.05) is 0 Å². The number of benzene rings is 1. The van der Waals surface area contributed by atoms with Crippen molar-refractivity contribution in [2.24, 2.45) is 0 Å². The summed E-state index contributed by atoms with van der Waals surface area (Å²) in [4.78, 5) is 34.4. The van der Waals surface area contributed by atoms with Gasteiger partial charge in [-0.3, -0.25) is 14.0 Å². The van der Waals surface area contributed by atoms with Gasteiger partial charge in [0.05, 0.1) is 53.6 Å². The van der Waals surface area contributed by atoms with Crippen molar-refractivity contribution in [3.05, 3.63) is 40.5 Å². The Bertz CT molecular complexity index is 1100. The van der Waals surface area contributed by atoms with Gasteiger partial charge in [0.2, 0.25) is 5.88 Å². The van der Waals surface area contributed by atoms with Gasteiger partial charge in [0.25, 0.3) is 11.8 Å². The van der Waals surface area contributed by atoms with Gasteiger partial charge in [-0.2, -0.15) is 0 Å². The van der Waals surface area contributed by atoms with Crippen LogP contribution in [0.15, 0.2) is 24.4 Å². The largest absolute Gasteiger partial charge is 0.496 e. The minimum absolute atomic E-state index is 0.187. The van der Waals surface area contributed by atoms with Gasteiger partial charge in [0.15, 0.2) is 0 Å². The molecule has 0 spiro atoms. The van der Waals surface area contributed by atoms with Gasteiger partial charge >= 0.3 is 0 Å². The summed E-state index contributed by atoms with van der Waals surface area (Å²) >= 11 is 1.38. The zero-order valence-corrected chi connectivity index (χ0v) is 18.3. The maximum Gasteiger partial charge on any atom is 0.261 e. The van der Waals surface area contributed by atoms with Crippen LogP contribution in [-0.4, -0.2) is 49.2 Å². The molecule has 8 nitrogen and oxygen atoms in total. The lowest BCUT2D eigenvalue weighted by atomic mass is 10.1. The summed E-state index contributed by atoms with van der Waals surface area (Å²) in [6, 6.07) is 4.91. The molecular weight excluding hydrogens is 423 g/mol. The number of aryl methyl sites for hydroxylation is 1. The molecule has 2 amide bonds. The van der Waals surface area contributed by atoms with Gasteiger partial charge < -0.3 is 20.1 Å². The average molecular weight is 447 g/mol. The highest BCUT2D eigenvalue weighted by Gasteiger charge is 2.22. The summed E-state index contributed by atoms with van der Waals surface area (Å²) < 4.78 is 23.5. The second kappa shape index (κ2) is 10.2. The van der Waals surface area contributed by atoms with E-state index in [4.69, 9.17) is 9.47 Å². The monoisotopic (exact) mass is 446 g/mol. The number of alkyl halides is 1. The average Bonchev–Trinajstić information content (AvgIpc) is 3.15. The number of carbonyl (C=O) groups is 2. The number of anilines is 1. The molecule has 0 fully saturated rings. The van der Waals surface area contributed by atoms with E-state index in [0.29, 0.717) is 40.9 Å². The normalized spacial score (nSPS) is 10.7. The number of rotatable bonds is 9. The third-order valence-corrected chi connectivity index (χ3v) is 5.50. The highest BCUT2D eigenvalue weighted by molar-refractivity contribution is 7.19. The van der Waals surface area contributed by atoms with Crippen molar-refractivity contribution in [3.8, 4) is 11.6 Å². The molecule has 0 bridgehead atoms. The van der Waals surface area contributed by atoms with Crippen molar-refractivity contribution < 1.29 is 23.5 Å². The highest BCUT2D eigenvalue weighted by Crippen LogP contribution is 2.33. The van der Waals surface area contributed by atoms with Crippen molar-refractivity contribution >= 4 is 39.1 Å². The van der Waals surface area contributed by atoms with Crippen LogP contribution in [-0.2, 0) is 0 Å². The van der Waals surface area contributed by atoms with Crippen LogP contribution in [0.2, 0.25) is 0 Å². The molecule has 0 unspecified atom stereocenters. The van der Waals surface area contributed by atoms with E-state index in [1.54, 1.807) is 12.1 Å². The molecule has 0 aliphatic carbocycles. The Balaban J connectivity index is 1.93. The topological polar surface area (TPSA) is 102 Å². The van der Waals surface area contributed by atoms with Crippen LogP contribution < -0.4 is 20.1 Å². The Morgan fingerprint density at radius 1 is 1.16 bits per heavy atom. The van der Waals surface area contributed by atoms with E-state index in [1.165, 1.54) is 37.8 Å². The predicted octanol–water partition coefficient (Wildman–Crippen LogP) is 3.75. The van der Waals surface area contributed by atoms with E-state index in [0.717, 1.165) is 5.01 Å². The molecule has 2 aromatic heterocycles.